The molecule has 19 heavy (non-hydrogen) atoms. The number of aryl methyl sites for hydroxylation is 1. The third-order valence-corrected chi connectivity index (χ3v) is 5.20. The fourth-order valence-electron chi connectivity index (χ4n) is 3.41. The number of hydrogen-bond acceptors (Lipinski definition) is 1. The van der Waals surface area contributed by atoms with Gasteiger partial charge in [-0.25, -0.2) is 0 Å². The normalized spacial score (nSPS) is 26.6. The van der Waals surface area contributed by atoms with Crippen LogP contribution in [0.5, 0.6) is 5.75 Å². The Morgan fingerprint density at radius 1 is 1.16 bits per heavy atom. The topological polar surface area (TPSA) is 9.23 Å². The first-order valence-corrected chi connectivity index (χ1v) is 8.15. The molecule has 0 aromatic heterocycles. The molecule has 104 valence electrons. The summed E-state index contributed by atoms with van der Waals surface area (Å²) < 4.78 is 5.56. The van der Waals surface area contributed by atoms with Gasteiger partial charge in [0.15, 0.2) is 0 Å². The van der Waals surface area contributed by atoms with Crippen LogP contribution in [0, 0.1) is 5.92 Å². The second kappa shape index (κ2) is 6.17. The Balaban J connectivity index is 1.59. The predicted molar refractivity (Wildman–Crippen MR) is 80.2 cm³/mol. The van der Waals surface area contributed by atoms with Crippen LogP contribution in [0.25, 0.3) is 0 Å². The van der Waals surface area contributed by atoms with E-state index in [0.29, 0.717) is 11.3 Å². The van der Waals surface area contributed by atoms with Crippen molar-refractivity contribution in [2.45, 2.75) is 56.7 Å². The third kappa shape index (κ3) is 3.25. The highest BCUT2D eigenvalue weighted by Gasteiger charge is 2.21. The van der Waals surface area contributed by atoms with E-state index in [2.05, 4.69) is 18.2 Å². The molecule has 0 spiro atoms. The van der Waals surface area contributed by atoms with E-state index in [1.54, 1.807) is 0 Å². The molecule has 2 atom stereocenters. The summed E-state index contributed by atoms with van der Waals surface area (Å²) in [6, 6.07) is 6.70. The van der Waals surface area contributed by atoms with Crippen molar-refractivity contribution in [3.8, 4) is 5.75 Å². The maximum absolute atomic E-state index is 6.53. The number of rotatable bonds is 3. The fourth-order valence-corrected chi connectivity index (χ4v) is 3.82. The maximum atomic E-state index is 6.53. The van der Waals surface area contributed by atoms with Gasteiger partial charge in [-0.05, 0) is 48.8 Å². The van der Waals surface area contributed by atoms with Gasteiger partial charge in [0.05, 0.1) is 6.61 Å². The largest absolute Gasteiger partial charge is 0.493 e. The summed E-state index contributed by atoms with van der Waals surface area (Å²) >= 11 is 6.53. The van der Waals surface area contributed by atoms with Gasteiger partial charge in [-0.15, -0.1) is 11.6 Å². The van der Waals surface area contributed by atoms with Crippen molar-refractivity contribution in [2.75, 3.05) is 6.61 Å². The van der Waals surface area contributed by atoms with Crippen LogP contribution in [0.15, 0.2) is 18.2 Å². The first-order chi connectivity index (χ1) is 9.33. The monoisotopic (exact) mass is 278 g/mol. The molecule has 0 saturated heterocycles. The van der Waals surface area contributed by atoms with Crippen molar-refractivity contribution in [1.82, 2.24) is 0 Å². The number of halogens is 1. The van der Waals surface area contributed by atoms with E-state index in [9.17, 15) is 0 Å². The van der Waals surface area contributed by atoms with Crippen LogP contribution in [0.4, 0.5) is 0 Å². The van der Waals surface area contributed by atoms with Gasteiger partial charge in [0.1, 0.15) is 5.75 Å². The average Bonchev–Trinajstić information content (AvgIpc) is 2.79. The molecule has 1 aromatic carbocycles. The van der Waals surface area contributed by atoms with Crippen LogP contribution in [0.1, 0.15) is 49.7 Å². The summed E-state index contributed by atoms with van der Waals surface area (Å²) in [6.07, 6.45) is 10.1. The first kappa shape index (κ1) is 13.3. The zero-order chi connectivity index (χ0) is 13.1. The Labute approximate surface area is 121 Å². The van der Waals surface area contributed by atoms with Crippen LogP contribution >= 0.6 is 11.6 Å². The minimum absolute atomic E-state index is 0.403. The smallest absolute Gasteiger partial charge is 0.122 e. The summed E-state index contributed by atoms with van der Waals surface area (Å²) in [4.78, 5) is 0. The second-order valence-electron chi connectivity index (χ2n) is 5.99. The highest BCUT2D eigenvalue weighted by Crippen LogP contribution is 2.32. The van der Waals surface area contributed by atoms with Crippen LogP contribution in [-0.2, 0) is 12.8 Å². The fraction of sp³-hybridized carbons (Fsp3) is 0.647. The predicted octanol–water partition coefficient (Wildman–Crippen LogP) is 4.74. The molecule has 2 unspecified atom stereocenters. The van der Waals surface area contributed by atoms with E-state index >= 15 is 0 Å². The van der Waals surface area contributed by atoms with Gasteiger partial charge in [0.2, 0.25) is 0 Å². The van der Waals surface area contributed by atoms with Crippen molar-refractivity contribution >= 4 is 11.6 Å². The van der Waals surface area contributed by atoms with Crippen LogP contribution in [-0.4, -0.2) is 12.0 Å². The molecule has 3 rings (SSSR count). The number of alkyl halides is 1. The van der Waals surface area contributed by atoms with Crippen molar-refractivity contribution in [1.29, 1.82) is 0 Å². The zero-order valence-corrected chi connectivity index (χ0v) is 12.3. The molecule has 0 bridgehead atoms. The minimum Gasteiger partial charge on any atom is -0.493 e. The minimum atomic E-state index is 0.403. The summed E-state index contributed by atoms with van der Waals surface area (Å²) in [5.41, 5.74) is 2.85. The molecular weight excluding hydrogens is 256 g/mol. The Kier molecular flexibility index (Phi) is 4.32. The summed E-state index contributed by atoms with van der Waals surface area (Å²) in [5.74, 6) is 1.81. The van der Waals surface area contributed by atoms with Gasteiger partial charge in [-0.1, -0.05) is 31.4 Å². The van der Waals surface area contributed by atoms with Crippen molar-refractivity contribution in [3.05, 3.63) is 29.3 Å². The lowest BCUT2D eigenvalue weighted by atomic mass is 9.92. The van der Waals surface area contributed by atoms with Gasteiger partial charge in [0.25, 0.3) is 0 Å². The Hall–Kier alpha value is -0.690. The van der Waals surface area contributed by atoms with E-state index in [1.165, 1.54) is 56.1 Å². The quantitative estimate of drug-likeness (QED) is 0.573. The number of hydrogen-bond donors (Lipinski definition) is 0. The molecule has 1 aromatic rings. The maximum Gasteiger partial charge on any atom is 0.122 e. The molecule has 1 nitrogen and oxygen atoms in total. The number of fused-ring (bicyclic) bond motifs is 1. The lowest BCUT2D eigenvalue weighted by molar-refractivity contribution is 0.357. The molecule has 2 aliphatic rings. The van der Waals surface area contributed by atoms with E-state index in [0.717, 1.165) is 18.8 Å². The molecule has 0 amide bonds. The van der Waals surface area contributed by atoms with Gasteiger partial charge in [-0.2, -0.15) is 0 Å². The molecular formula is C17H23ClO. The van der Waals surface area contributed by atoms with Gasteiger partial charge >= 0.3 is 0 Å². The van der Waals surface area contributed by atoms with Crippen LogP contribution in [0.2, 0.25) is 0 Å². The number of benzene rings is 1. The molecule has 1 saturated carbocycles. The highest BCUT2D eigenvalue weighted by atomic mass is 35.5. The first-order valence-electron chi connectivity index (χ1n) is 7.71. The molecule has 1 heterocycles. The van der Waals surface area contributed by atoms with Crippen LogP contribution < -0.4 is 4.74 Å². The highest BCUT2D eigenvalue weighted by molar-refractivity contribution is 6.20. The Morgan fingerprint density at radius 2 is 2.05 bits per heavy atom. The molecule has 1 aliphatic carbocycles. The molecule has 0 radical (unpaired) electrons. The molecule has 0 N–H and O–H groups in total. The van der Waals surface area contributed by atoms with E-state index in [-0.39, 0.29) is 0 Å². The average molecular weight is 279 g/mol. The van der Waals surface area contributed by atoms with Gasteiger partial charge in [0, 0.05) is 11.8 Å². The molecule has 1 fully saturated rings. The third-order valence-electron chi connectivity index (χ3n) is 4.62. The van der Waals surface area contributed by atoms with Crippen molar-refractivity contribution in [3.63, 3.8) is 0 Å². The molecule has 1 aliphatic heterocycles. The lowest BCUT2D eigenvalue weighted by Gasteiger charge is -2.19. The second-order valence-corrected chi connectivity index (χ2v) is 6.55. The summed E-state index contributed by atoms with van der Waals surface area (Å²) in [7, 11) is 0. The standard InChI is InChI=1S/C17H23ClO/c18-16-5-3-1-2-4-14(16)8-6-13-7-9-17-15(12-13)10-11-19-17/h7,9,12,14,16H,1-6,8,10-11H2. The van der Waals surface area contributed by atoms with E-state index < -0.39 is 0 Å². The van der Waals surface area contributed by atoms with E-state index in [1.807, 2.05) is 0 Å². The van der Waals surface area contributed by atoms with Crippen LogP contribution in [0.3, 0.4) is 0 Å². The Morgan fingerprint density at radius 3 is 3.00 bits per heavy atom. The van der Waals surface area contributed by atoms with Crippen molar-refractivity contribution < 1.29 is 4.74 Å². The van der Waals surface area contributed by atoms with Gasteiger partial charge in [-0.3, -0.25) is 0 Å². The lowest BCUT2D eigenvalue weighted by Crippen LogP contribution is -2.14. The van der Waals surface area contributed by atoms with Crippen molar-refractivity contribution in [2.24, 2.45) is 5.92 Å². The Bertz CT molecular complexity index is 429. The van der Waals surface area contributed by atoms with E-state index in [4.69, 9.17) is 16.3 Å². The molecule has 2 heteroatoms. The summed E-state index contributed by atoms with van der Waals surface area (Å²) in [5, 5.41) is 0.403. The number of ether oxygens (including phenoxy) is 1. The SMILES string of the molecule is ClC1CCCCCC1CCc1ccc2c(c1)CCO2. The zero-order valence-electron chi connectivity index (χ0n) is 11.5. The van der Waals surface area contributed by atoms with Gasteiger partial charge < -0.3 is 4.74 Å². The summed E-state index contributed by atoms with van der Waals surface area (Å²) in [6.45, 7) is 0.852.